The topological polar surface area (TPSA) is 64.4 Å². The van der Waals surface area contributed by atoms with Crippen LogP contribution in [0.5, 0.6) is 0 Å². The highest BCUT2D eigenvalue weighted by Crippen LogP contribution is 2.41. The lowest BCUT2D eigenvalue weighted by Gasteiger charge is -2.12. The molecule has 2 aromatic heterocycles. The summed E-state index contributed by atoms with van der Waals surface area (Å²) in [5.74, 6) is -0.217. The maximum atomic E-state index is 13.3. The molecule has 0 bridgehead atoms. The Kier molecular flexibility index (Phi) is 4.71. The molecule has 8 heteroatoms. The summed E-state index contributed by atoms with van der Waals surface area (Å²) in [6.07, 6.45) is 2.69. The number of hydrogen-bond donors (Lipinski definition) is 1. The van der Waals surface area contributed by atoms with E-state index in [4.69, 9.17) is 9.15 Å². The average molecular weight is 400 g/mol. The minimum Gasteiger partial charge on any atom is -0.457 e. The SMILES string of the molecule is COC1C=CC=C(C(=O)Nc2ccncc2)c2c1oc1ccc(C(F)(F)F)cc21. The highest BCUT2D eigenvalue weighted by atomic mass is 19.4. The summed E-state index contributed by atoms with van der Waals surface area (Å²) < 4.78 is 51.0. The van der Waals surface area contributed by atoms with Gasteiger partial charge in [0.25, 0.3) is 5.91 Å². The van der Waals surface area contributed by atoms with E-state index in [-0.39, 0.29) is 27.9 Å². The molecule has 5 nitrogen and oxygen atoms in total. The first-order valence-corrected chi connectivity index (χ1v) is 8.65. The van der Waals surface area contributed by atoms with Gasteiger partial charge in [-0.15, -0.1) is 0 Å². The fourth-order valence-electron chi connectivity index (χ4n) is 3.20. The third-order valence-electron chi connectivity index (χ3n) is 4.56. The Morgan fingerprint density at radius 2 is 1.97 bits per heavy atom. The normalized spacial score (nSPS) is 16.3. The van der Waals surface area contributed by atoms with Crippen molar-refractivity contribution in [2.75, 3.05) is 12.4 Å². The monoisotopic (exact) mass is 400 g/mol. The predicted molar refractivity (Wildman–Crippen MR) is 101 cm³/mol. The van der Waals surface area contributed by atoms with E-state index in [1.54, 1.807) is 24.3 Å². The van der Waals surface area contributed by atoms with E-state index in [2.05, 4.69) is 10.3 Å². The molecule has 0 fully saturated rings. The lowest BCUT2D eigenvalue weighted by molar-refractivity contribution is -0.137. The van der Waals surface area contributed by atoms with Crippen molar-refractivity contribution >= 4 is 28.1 Å². The van der Waals surface area contributed by atoms with Crippen molar-refractivity contribution < 1.29 is 27.1 Å². The number of carbonyl (C=O) groups excluding carboxylic acids is 1. The van der Waals surface area contributed by atoms with Crippen LogP contribution in [0.4, 0.5) is 18.9 Å². The number of ether oxygens (including phenoxy) is 1. The number of amides is 1. The summed E-state index contributed by atoms with van der Waals surface area (Å²) in [5.41, 5.74) is 0.365. The third-order valence-corrected chi connectivity index (χ3v) is 4.56. The summed E-state index contributed by atoms with van der Waals surface area (Å²) in [4.78, 5) is 16.9. The number of pyridine rings is 1. The number of hydrogen-bond acceptors (Lipinski definition) is 4. The molecule has 1 aromatic carbocycles. The Labute approximate surface area is 163 Å². The zero-order valence-corrected chi connectivity index (χ0v) is 15.2. The molecule has 1 unspecified atom stereocenters. The number of anilines is 1. The van der Waals surface area contributed by atoms with Crippen LogP contribution in [0, 0.1) is 0 Å². The van der Waals surface area contributed by atoms with E-state index < -0.39 is 23.8 Å². The van der Waals surface area contributed by atoms with E-state index in [0.717, 1.165) is 12.1 Å². The zero-order valence-electron chi connectivity index (χ0n) is 15.2. The number of furan rings is 1. The first-order chi connectivity index (χ1) is 13.9. The van der Waals surface area contributed by atoms with Crippen LogP contribution >= 0.6 is 0 Å². The number of nitrogens with zero attached hydrogens (tertiary/aromatic N) is 1. The van der Waals surface area contributed by atoms with Gasteiger partial charge in [0.2, 0.25) is 0 Å². The number of rotatable bonds is 3. The van der Waals surface area contributed by atoms with Crippen LogP contribution < -0.4 is 5.32 Å². The second-order valence-corrected chi connectivity index (χ2v) is 6.36. The lowest BCUT2D eigenvalue weighted by atomic mass is 9.98. The molecule has 29 heavy (non-hydrogen) atoms. The van der Waals surface area contributed by atoms with Crippen LogP contribution in [-0.2, 0) is 15.7 Å². The maximum absolute atomic E-state index is 13.3. The molecule has 4 rings (SSSR count). The van der Waals surface area contributed by atoms with E-state index in [1.807, 2.05) is 0 Å². The molecule has 1 aliphatic carbocycles. The van der Waals surface area contributed by atoms with Crippen molar-refractivity contribution in [3.8, 4) is 0 Å². The Morgan fingerprint density at radius 1 is 1.21 bits per heavy atom. The molecule has 148 valence electrons. The lowest BCUT2D eigenvalue weighted by Crippen LogP contribution is -2.14. The third kappa shape index (κ3) is 3.54. The predicted octanol–water partition coefficient (Wildman–Crippen LogP) is 5.13. The number of benzene rings is 1. The van der Waals surface area contributed by atoms with Gasteiger partial charge in [0, 0.05) is 36.1 Å². The van der Waals surface area contributed by atoms with Gasteiger partial charge in [0.1, 0.15) is 17.4 Å². The first-order valence-electron chi connectivity index (χ1n) is 8.65. The van der Waals surface area contributed by atoms with Crippen LogP contribution in [0.25, 0.3) is 16.5 Å². The van der Waals surface area contributed by atoms with Gasteiger partial charge >= 0.3 is 6.18 Å². The highest BCUT2D eigenvalue weighted by Gasteiger charge is 2.33. The largest absolute Gasteiger partial charge is 0.457 e. The number of aromatic nitrogens is 1. The Balaban J connectivity index is 1.87. The summed E-state index contributed by atoms with van der Waals surface area (Å²) in [6.45, 7) is 0. The van der Waals surface area contributed by atoms with Crippen LogP contribution in [0.1, 0.15) is 23.0 Å². The minimum absolute atomic E-state index is 0.172. The van der Waals surface area contributed by atoms with Gasteiger partial charge in [-0.05, 0) is 42.5 Å². The zero-order chi connectivity index (χ0) is 20.6. The van der Waals surface area contributed by atoms with Crippen LogP contribution in [-0.4, -0.2) is 18.0 Å². The van der Waals surface area contributed by atoms with Crippen LogP contribution in [0.15, 0.2) is 65.4 Å². The van der Waals surface area contributed by atoms with E-state index in [9.17, 15) is 18.0 Å². The summed E-state index contributed by atoms with van der Waals surface area (Å²) in [7, 11) is 1.45. The number of nitrogens with one attached hydrogen (secondary N) is 1. The molecule has 0 radical (unpaired) electrons. The van der Waals surface area contributed by atoms with Gasteiger partial charge in [-0.1, -0.05) is 6.08 Å². The van der Waals surface area contributed by atoms with E-state index in [0.29, 0.717) is 5.69 Å². The molecule has 1 amide bonds. The second-order valence-electron chi connectivity index (χ2n) is 6.36. The van der Waals surface area contributed by atoms with Gasteiger partial charge < -0.3 is 14.5 Å². The summed E-state index contributed by atoms with van der Waals surface area (Å²) >= 11 is 0. The smallest absolute Gasteiger partial charge is 0.416 e. The van der Waals surface area contributed by atoms with Crippen molar-refractivity contribution in [1.82, 2.24) is 4.98 Å². The number of methoxy groups -OCH3 is 1. The molecule has 2 heterocycles. The quantitative estimate of drug-likeness (QED) is 0.662. The number of halogens is 3. The molecule has 0 spiro atoms. The Morgan fingerprint density at radius 3 is 2.66 bits per heavy atom. The van der Waals surface area contributed by atoms with Gasteiger partial charge in [-0.25, -0.2) is 0 Å². The van der Waals surface area contributed by atoms with Gasteiger partial charge in [-0.3, -0.25) is 9.78 Å². The van der Waals surface area contributed by atoms with E-state index >= 15 is 0 Å². The molecule has 0 aliphatic heterocycles. The average Bonchev–Trinajstić information content (AvgIpc) is 2.96. The molecular weight excluding hydrogens is 385 g/mol. The number of fused-ring (bicyclic) bond motifs is 3. The minimum atomic E-state index is -4.52. The molecule has 0 saturated carbocycles. The molecule has 0 saturated heterocycles. The maximum Gasteiger partial charge on any atom is 0.416 e. The fraction of sp³-hybridized carbons (Fsp3) is 0.143. The summed E-state index contributed by atoms with van der Waals surface area (Å²) in [5, 5.41) is 2.92. The van der Waals surface area contributed by atoms with Gasteiger partial charge in [0.05, 0.1) is 11.1 Å². The van der Waals surface area contributed by atoms with Gasteiger partial charge in [0.15, 0.2) is 0 Å². The molecular formula is C21H15F3N2O3. The van der Waals surface area contributed by atoms with Crippen molar-refractivity contribution in [3.05, 3.63) is 77.8 Å². The van der Waals surface area contributed by atoms with Crippen molar-refractivity contribution in [2.45, 2.75) is 12.3 Å². The number of allylic oxidation sites excluding steroid dienone is 2. The van der Waals surface area contributed by atoms with Crippen LogP contribution in [0.3, 0.4) is 0 Å². The van der Waals surface area contributed by atoms with Gasteiger partial charge in [-0.2, -0.15) is 13.2 Å². The first kappa shape index (κ1) is 18.9. The van der Waals surface area contributed by atoms with Crippen molar-refractivity contribution in [2.24, 2.45) is 0 Å². The second kappa shape index (κ2) is 7.21. The fourth-order valence-corrected chi connectivity index (χ4v) is 3.20. The molecule has 1 aliphatic rings. The molecule has 3 aromatic rings. The Bertz CT molecular complexity index is 1130. The highest BCUT2D eigenvalue weighted by molar-refractivity contribution is 6.28. The number of carbonyl (C=O) groups is 1. The molecule has 1 N–H and O–H groups in total. The number of alkyl halides is 3. The Hall–Kier alpha value is -3.39. The summed E-state index contributed by atoms with van der Waals surface area (Å²) in [6, 6.07) is 6.41. The van der Waals surface area contributed by atoms with Crippen molar-refractivity contribution in [1.29, 1.82) is 0 Å². The molecule has 1 atom stereocenters. The van der Waals surface area contributed by atoms with Crippen molar-refractivity contribution in [3.63, 3.8) is 0 Å². The van der Waals surface area contributed by atoms with Crippen LogP contribution in [0.2, 0.25) is 0 Å². The van der Waals surface area contributed by atoms with E-state index in [1.165, 1.54) is 31.6 Å². The standard InChI is InChI=1S/C21H15F3N2O3/c1-28-17-4-2-3-14(20(27)26-13-7-9-25-10-8-13)18-15-11-12(21(22,23)24)5-6-16(15)29-19(17)18/h2-11,17H,1H3,(H,25,26,27).